The van der Waals surface area contributed by atoms with Crippen LogP contribution in [-0.2, 0) is 19.3 Å². The van der Waals surface area contributed by atoms with Gasteiger partial charge < -0.3 is 5.73 Å². The number of hydrogen-bond acceptors (Lipinski definition) is 1. The summed E-state index contributed by atoms with van der Waals surface area (Å²) in [5.74, 6) is 0.0360. The number of benzene rings is 1. The molecule has 2 aliphatic carbocycles. The first kappa shape index (κ1) is 10.3. The summed E-state index contributed by atoms with van der Waals surface area (Å²) in [4.78, 5) is 0. The molecule has 0 aliphatic heterocycles. The second-order valence-electron chi connectivity index (χ2n) is 5.42. The molecule has 1 aromatic carbocycles. The van der Waals surface area contributed by atoms with Crippen LogP contribution in [0.1, 0.15) is 42.4 Å². The molecule has 86 valence electrons. The lowest BCUT2D eigenvalue weighted by molar-refractivity contribution is 0.550. The predicted octanol–water partition coefficient (Wildman–Crippen LogP) is 2.74. The first-order valence-electron chi connectivity index (χ1n) is 6.26. The summed E-state index contributed by atoms with van der Waals surface area (Å²) in [7, 11) is 0. The largest absolute Gasteiger partial charge is 0.325 e. The average molecular weight is 219 g/mol. The van der Waals surface area contributed by atoms with Crippen molar-refractivity contribution in [2.24, 2.45) is 5.73 Å². The van der Waals surface area contributed by atoms with Crippen molar-refractivity contribution in [2.45, 2.75) is 50.5 Å². The van der Waals surface area contributed by atoms with Crippen LogP contribution in [0.3, 0.4) is 0 Å². The van der Waals surface area contributed by atoms with Gasteiger partial charge in [-0.15, -0.1) is 0 Å². The van der Waals surface area contributed by atoms with Gasteiger partial charge in [-0.3, -0.25) is 0 Å². The fourth-order valence-corrected chi connectivity index (χ4v) is 2.68. The van der Waals surface area contributed by atoms with Gasteiger partial charge in [0.2, 0.25) is 0 Å². The number of fused-ring (bicyclic) bond motifs is 1. The third-order valence-electron chi connectivity index (χ3n) is 3.98. The van der Waals surface area contributed by atoms with E-state index in [2.05, 4.69) is 6.07 Å². The summed E-state index contributed by atoms with van der Waals surface area (Å²) >= 11 is 0. The number of halogens is 1. The van der Waals surface area contributed by atoms with Crippen molar-refractivity contribution in [3.8, 4) is 0 Å². The highest BCUT2D eigenvalue weighted by molar-refractivity contribution is 5.37. The summed E-state index contributed by atoms with van der Waals surface area (Å²) < 4.78 is 14.3. The van der Waals surface area contributed by atoms with Crippen LogP contribution in [0.4, 0.5) is 4.39 Å². The van der Waals surface area contributed by atoms with Crippen molar-refractivity contribution in [1.82, 2.24) is 0 Å². The number of nitrogens with two attached hydrogens (primary N) is 1. The van der Waals surface area contributed by atoms with E-state index in [1.165, 1.54) is 12.0 Å². The van der Waals surface area contributed by atoms with Crippen LogP contribution in [0, 0.1) is 5.82 Å². The van der Waals surface area contributed by atoms with E-state index in [0.29, 0.717) is 6.42 Å². The predicted molar refractivity (Wildman–Crippen MR) is 62.9 cm³/mol. The van der Waals surface area contributed by atoms with E-state index < -0.39 is 0 Å². The van der Waals surface area contributed by atoms with E-state index in [1.54, 1.807) is 0 Å². The monoisotopic (exact) mass is 219 g/mol. The van der Waals surface area contributed by atoms with Gasteiger partial charge in [-0.05, 0) is 61.6 Å². The second kappa shape index (κ2) is 3.56. The fraction of sp³-hybridized carbons (Fsp3) is 0.571. The quantitative estimate of drug-likeness (QED) is 0.813. The Morgan fingerprint density at radius 1 is 1.19 bits per heavy atom. The van der Waals surface area contributed by atoms with Crippen LogP contribution in [-0.4, -0.2) is 5.54 Å². The summed E-state index contributed by atoms with van der Waals surface area (Å²) in [5.41, 5.74) is 8.98. The second-order valence-corrected chi connectivity index (χ2v) is 5.42. The van der Waals surface area contributed by atoms with Gasteiger partial charge in [0, 0.05) is 5.54 Å². The van der Waals surface area contributed by atoms with E-state index >= 15 is 0 Å². The molecule has 2 N–H and O–H groups in total. The van der Waals surface area contributed by atoms with E-state index in [1.807, 2.05) is 6.07 Å². The summed E-state index contributed by atoms with van der Waals surface area (Å²) in [6.45, 7) is 0. The molecule has 16 heavy (non-hydrogen) atoms. The molecule has 0 radical (unpaired) electrons. The van der Waals surface area contributed by atoms with Crippen LogP contribution < -0.4 is 5.73 Å². The van der Waals surface area contributed by atoms with E-state index in [9.17, 15) is 4.39 Å². The molecule has 1 nitrogen and oxygen atoms in total. The molecule has 0 atom stereocenters. The SMILES string of the molecule is NC1(Cc2ccc3c(c2F)CCCC3)CC1. The van der Waals surface area contributed by atoms with Gasteiger partial charge in [-0.25, -0.2) is 4.39 Å². The maximum atomic E-state index is 14.3. The lowest BCUT2D eigenvalue weighted by atomic mass is 9.88. The molecule has 1 saturated carbocycles. The summed E-state index contributed by atoms with van der Waals surface area (Å²) in [6.07, 6.45) is 7.08. The third kappa shape index (κ3) is 1.75. The smallest absolute Gasteiger partial charge is 0.129 e. The van der Waals surface area contributed by atoms with Crippen LogP contribution in [0.15, 0.2) is 12.1 Å². The maximum absolute atomic E-state index is 14.3. The van der Waals surface area contributed by atoms with Crippen LogP contribution in [0.2, 0.25) is 0 Å². The Labute approximate surface area is 95.8 Å². The van der Waals surface area contributed by atoms with Crippen molar-refractivity contribution < 1.29 is 4.39 Å². The molecule has 2 aliphatic rings. The molecule has 0 unspecified atom stereocenters. The summed E-state index contributed by atoms with van der Waals surface area (Å²) in [5, 5.41) is 0. The third-order valence-corrected chi connectivity index (χ3v) is 3.98. The fourth-order valence-electron chi connectivity index (χ4n) is 2.68. The highest BCUT2D eigenvalue weighted by Gasteiger charge is 2.38. The molecule has 1 fully saturated rings. The van der Waals surface area contributed by atoms with Gasteiger partial charge in [0.25, 0.3) is 0 Å². The van der Waals surface area contributed by atoms with Crippen molar-refractivity contribution in [1.29, 1.82) is 0 Å². The normalized spacial score (nSPS) is 21.6. The van der Waals surface area contributed by atoms with Crippen molar-refractivity contribution >= 4 is 0 Å². The molecule has 3 rings (SSSR count). The van der Waals surface area contributed by atoms with E-state index in [4.69, 9.17) is 5.73 Å². The minimum Gasteiger partial charge on any atom is -0.325 e. The van der Waals surface area contributed by atoms with Gasteiger partial charge in [0.05, 0.1) is 0 Å². The van der Waals surface area contributed by atoms with E-state index in [-0.39, 0.29) is 11.4 Å². The van der Waals surface area contributed by atoms with Gasteiger partial charge >= 0.3 is 0 Å². The molecule has 0 saturated heterocycles. The zero-order valence-corrected chi connectivity index (χ0v) is 9.56. The number of aryl methyl sites for hydroxylation is 1. The molecule has 0 amide bonds. The van der Waals surface area contributed by atoms with Crippen molar-refractivity contribution in [2.75, 3.05) is 0 Å². The van der Waals surface area contributed by atoms with E-state index in [0.717, 1.165) is 43.2 Å². The zero-order chi connectivity index (χ0) is 11.2. The molecule has 0 spiro atoms. The lowest BCUT2D eigenvalue weighted by Gasteiger charge is -2.19. The topological polar surface area (TPSA) is 26.0 Å². The molecular formula is C14H18FN. The van der Waals surface area contributed by atoms with Gasteiger partial charge in [-0.2, -0.15) is 0 Å². The summed E-state index contributed by atoms with van der Waals surface area (Å²) in [6, 6.07) is 4.06. The van der Waals surface area contributed by atoms with Crippen molar-refractivity contribution in [3.05, 3.63) is 34.6 Å². The molecular weight excluding hydrogens is 201 g/mol. The highest BCUT2D eigenvalue weighted by Crippen LogP contribution is 2.37. The van der Waals surface area contributed by atoms with Crippen LogP contribution in [0.25, 0.3) is 0 Å². The molecule has 2 heteroatoms. The Hall–Kier alpha value is -0.890. The minimum absolute atomic E-state index is 0.0360. The average Bonchev–Trinajstić information content (AvgIpc) is 3.01. The van der Waals surface area contributed by atoms with Crippen LogP contribution >= 0.6 is 0 Å². The Kier molecular flexibility index (Phi) is 2.28. The Morgan fingerprint density at radius 2 is 1.94 bits per heavy atom. The Balaban J connectivity index is 1.94. The lowest BCUT2D eigenvalue weighted by Crippen LogP contribution is -2.25. The number of hydrogen-bond donors (Lipinski definition) is 1. The maximum Gasteiger partial charge on any atom is 0.129 e. The molecule has 0 heterocycles. The molecule has 0 aromatic heterocycles. The molecule has 1 aromatic rings. The minimum atomic E-state index is -0.0935. The first-order valence-corrected chi connectivity index (χ1v) is 6.26. The first-order chi connectivity index (χ1) is 7.68. The van der Waals surface area contributed by atoms with Gasteiger partial charge in [0.1, 0.15) is 5.82 Å². The van der Waals surface area contributed by atoms with Crippen molar-refractivity contribution in [3.63, 3.8) is 0 Å². The van der Waals surface area contributed by atoms with Crippen LogP contribution in [0.5, 0.6) is 0 Å². The number of rotatable bonds is 2. The highest BCUT2D eigenvalue weighted by atomic mass is 19.1. The van der Waals surface area contributed by atoms with Gasteiger partial charge in [-0.1, -0.05) is 12.1 Å². The Morgan fingerprint density at radius 3 is 2.69 bits per heavy atom. The standard InChI is InChI=1S/C14H18FN/c15-13-11(9-14(16)7-8-14)6-5-10-3-1-2-4-12(10)13/h5-6H,1-4,7-9,16H2. The van der Waals surface area contributed by atoms with Gasteiger partial charge in [0.15, 0.2) is 0 Å². The zero-order valence-electron chi connectivity index (χ0n) is 9.56. The Bertz CT molecular complexity index is 421. The molecule has 0 bridgehead atoms.